The molecule has 0 aliphatic carbocycles. The van der Waals surface area contributed by atoms with Crippen LogP contribution in [0, 0.1) is 6.92 Å². The molecular formula is C31H31N3O5. The van der Waals surface area contributed by atoms with Crippen molar-refractivity contribution in [2.24, 2.45) is 0 Å². The third-order valence-corrected chi connectivity index (χ3v) is 6.95. The van der Waals surface area contributed by atoms with Crippen molar-refractivity contribution in [2.45, 2.75) is 19.4 Å². The number of ether oxygens (including phenoxy) is 3. The summed E-state index contributed by atoms with van der Waals surface area (Å²) in [6.45, 7) is 1.85. The van der Waals surface area contributed by atoms with Gasteiger partial charge in [-0.2, -0.15) is 0 Å². The smallest absolute Gasteiger partial charge is 0.252 e. The molecule has 1 atom stereocenters. The standard InChI is InChI=1S/C31H31N3O5/c1-18-8-7-10-22-20(16-32-29(18)22)12-21(17-35)33-31(36)24-15-26(34-25-11-6-5-9-23(24)25)19-13-27(37-2)30(39-4)28(14-19)38-3/h5-11,13-16,21,32,35H,12,17H2,1-4H3,(H,33,36)/t21-/m0/s1. The van der Waals surface area contributed by atoms with Crippen LogP contribution in [0.5, 0.6) is 17.2 Å². The Morgan fingerprint density at radius 3 is 2.38 bits per heavy atom. The van der Waals surface area contributed by atoms with Crippen LogP contribution >= 0.6 is 0 Å². The molecule has 8 heteroatoms. The van der Waals surface area contributed by atoms with Gasteiger partial charge < -0.3 is 29.6 Å². The lowest BCUT2D eigenvalue weighted by molar-refractivity contribution is 0.0918. The molecule has 3 N–H and O–H groups in total. The number of nitrogens with zero attached hydrogens (tertiary/aromatic N) is 1. The van der Waals surface area contributed by atoms with Crippen molar-refractivity contribution in [3.63, 3.8) is 0 Å². The molecule has 0 radical (unpaired) electrons. The van der Waals surface area contributed by atoms with Crippen LogP contribution < -0.4 is 19.5 Å². The molecule has 0 spiro atoms. The summed E-state index contributed by atoms with van der Waals surface area (Å²) in [7, 11) is 4.65. The number of benzene rings is 3. The molecule has 0 saturated heterocycles. The minimum absolute atomic E-state index is 0.201. The molecule has 2 heterocycles. The summed E-state index contributed by atoms with van der Waals surface area (Å²) >= 11 is 0. The van der Waals surface area contributed by atoms with Gasteiger partial charge in [0, 0.05) is 28.0 Å². The summed E-state index contributed by atoms with van der Waals surface area (Å²) in [5.74, 6) is 1.15. The van der Waals surface area contributed by atoms with Gasteiger partial charge in [0.1, 0.15) is 0 Å². The van der Waals surface area contributed by atoms with Gasteiger partial charge in [-0.15, -0.1) is 0 Å². The number of aryl methyl sites for hydroxylation is 1. The molecule has 0 saturated carbocycles. The van der Waals surface area contributed by atoms with Crippen molar-refractivity contribution in [3.05, 3.63) is 83.6 Å². The zero-order chi connectivity index (χ0) is 27.5. The molecular weight excluding hydrogens is 494 g/mol. The van der Waals surface area contributed by atoms with Crippen molar-refractivity contribution in [2.75, 3.05) is 27.9 Å². The van der Waals surface area contributed by atoms with Crippen LogP contribution in [0.15, 0.2) is 66.9 Å². The van der Waals surface area contributed by atoms with Crippen LogP contribution in [0.2, 0.25) is 0 Å². The maximum Gasteiger partial charge on any atom is 0.252 e. The molecule has 1 amide bonds. The second-order valence-electron chi connectivity index (χ2n) is 9.35. The highest BCUT2D eigenvalue weighted by atomic mass is 16.5. The van der Waals surface area contributed by atoms with Gasteiger partial charge in [0.2, 0.25) is 5.75 Å². The van der Waals surface area contributed by atoms with Gasteiger partial charge in [0.25, 0.3) is 5.91 Å². The fraction of sp³-hybridized carbons (Fsp3) is 0.226. The SMILES string of the molecule is COc1cc(-c2cc(C(=O)N[C@H](CO)Cc3c[nH]c4c(C)cccc34)c3ccccc3n2)cc(OC)c1OC. The number of hydrogen-bond donors (Lipinski definition) is 3. The topological polar surface area (TPSA) is 106 Å². The normalized spacial score (nSPS) is 11.9. The number of carbonyl (C=O) groups excluding carboxylic acids is 1. The van der Waals surface area contributed by atoms with Crippen molar-refractivity contribution in [1.82, 2.24) is 15.3 Å². The molecule has 200 valence electrons. The molecule has 3 aromatic carbocycles. The first-order chi connectivity index (χ1) is 19.0. The number of aromatic amines is 1. The Kier molecular flexibility index (Phi) is 7.38. The Hall–Kier alpha value is -4.56. The number of hydrogen-bond acceptors (Lipinski definition) is 6. The number of methoxy groups -OCH3 is 3. The summed E-state index contributed by atoms with van der Waals surface area (Å²) in [5.41, 5.74) is 5.64. The van der Waals surface area contributed by atoms with E-state index >= 15 is 0 Å². The second kappa shape index (κ2) is 11.0. The Morgan fingerprint density at radius 1 is 0.974 bits per heavy atom. The highest BCUT2D eigenvalue weighted by molar-refractivity contribution is 6.07. The number of nitrogens with one attached hydrogen (secondary N) is 2. The number of aliphatic hydroxyl groups excluding tert-OH is 1. The number of aliphatic hydroxyl groups is 1. The lowest BCUT2D eigenvalue weighted by Gasteiger charge is -2.18. The molecule has 0 bridgehead atoms. The molecule has 2 aromatic heterocycles. The van der Waals surface area contributed by atoms with Gasteiger partial charge in [-0.1, -0.05) is 36.4 Å². The maximum atomic E-state index is 13.7. The predicted molar refractivity (Wildman–Crippen MR) is 152 cm³/mol. The van der Waals surface area contributed by atoms with Crippen molar-refractivity contribution in [1.29, 1.82) is 0 Å². The van der Waals surface area contributed by atoms with Gasteiger partial charge in [-0.25, -0.2) is 4.98 Å². The van der Waals surface area contributed by atoms with Gasteiger partial charge in [-0.05, 0) is 48.7 Å². The first kappa shape index (κ1) is 26.1. The van der Waals surface area contributed by atoms with Crippen LogP contribution in [-0.4, -0.2) is 55.0 Å². The van der Waals surface area contributed by atoms with Gasteiger partial charge in [0.05, 0.1) is 50.8 Å². The number of rotatable bonds is 9. The van der Waals surface area contributed by atoms with E-state index in [1.807, 2.05) is 55.6 Å². The van der Waals surface area contributed by atoms with Gasteiger partial charge >= 0.3 is 0 Å². The zero-order valence-corrected chi connectivity index (χ0v) is 22.4. The van der Waals surface area contributed by atoms with E-state index in [4.69, 9.17) is 19.2 Å². The van der Waals surface area contributed by atoms with Crippen LogP contribution in [-0.2, 0) is 6.42 Å². The number of fused-ring (bicyclic) bond motifs is 2. The maximum absolute atomic E-state index is 13.7. The third kappa shape index (κ3) is 4.98. The highest BCUT2D eigenvalue weighted by Crippen LogP contribution is 2.41. The van der Waals surface area contributed by atoms with Crippen molar-refractivity contribution < 1.29 is 24.1 Å². The number of aromatic nitrogens is 2. The first-order valence-electron chi connectivity index (χ1n) is 12.6. The molecule has 0 fully saturated rings. The Balaban J connectivity index is 1.51. The minimum atomic E-state index is -0.478. The number of para-hydroxylation sites is 2. The zero-order valence-electron chi connectivity index (χ0n) is 22.4. The lowest BCUT2D eigenvalue weighted by Crippen LogP contribution is -2.39. The van der Waals surface area contributed by atoms with E-state index in [1.54, 1.807) is 39.5 Å². The molecule has 8 nitrogen and oxygen atoms in total. The van der Waals surface area contributed by atoms with Gasteiger partial charge in [0.15, 0.2) is 11.5 Å². The fourth-order valence-corrected chi connectivity index (χ4v) is 4.96. The average molecular weight is 526 g/mol. The fourth-order valence-electron chi connectivity index (χ4n) is 4.96. The van der Waals surface area contributed by atoms with E-state index in [9.17, 15) is 9.90 Å². The Bertz CT molecular complexity index is 1630. The first-order valence-corrected chi connectivity index (χ1v) is 12.6. The van der Waals surface area contributed by atoms with E-state index in [-0.39, 0.29) is 12.5 Å². The second-order valence-corrected chi connectivity index (χ2v) is 9.35. The number of carbonyl (C=O) groups is 1. The summed E-state index contributed by atoms with van der Waals surface area (Å²) < 4.78 is 16.5. The summed E-state index contributed by atoms with van der Waals surface area (Å²) in [4.78, 5) is 21.8. The van der Waals surface area contributed by atoms with Crippen molar-refractivity contribution in [3.8, 4) is 28.5 Å². The number of amides is 1. The van der Waals surface area contributed by atoms with Crippen LogP contribution in [0.1, 0.15) is 21.5 Å². The van der Waals surface area contributed by atoms with E-state index in [0.29, 0.717) is 51.4 Å². The van der Waals surface area contributed by atoms with E-state index < -0.39 is 6.04 Å². The highest BCUT2D eigenvalue weighted by Gasteiger charge is 2.21. The van der Waals surface area contributed by atoms with Gasteiger partial charge in [-0.3, -0.25) is 4.79 Å². The summed E-state index contributed by atoms with van der Waals surface area (Å²) in [6.07, 6.45) is 2.42. The van der Waals surface area contributed by atoms with Crippen LogP contribution in [0.4, 0.5) is 0 Å². The molecule has 5 aromatic rings. The van der Waals surface area contributed by atoms with Crippen molar-refractivity contribution >= 4 is 27.7 Å². The minimum Gasteiger partial charge on any atom is -0.493 e. The predicted octanol–water partition coefficient (Wildman–Crippen LogP) is 5.05. The lowest BCUT2D eigenvalue weighted by atomic mass is 10.0. The molecule has 39 heavy (non-hydrogen) atoms. The monoisotopic (exact) mass is 525 g/mol. The summed E-state index contributed by atoms with van der Waals surface area (Å²) in [5, 5.41) is 15.0. The average Bonchev–Trinajstić information content (AvgIpc) is 3.39. The molecule has 0 aliphatic heterocycles. The Morgan fingerprint density at radius 2 is 1.69 bits per heavy atom. The van der Waals surface area contributed by atoms with E-state index in [1.165, 1.54) is 0 Å². The third-order valence-electron chi connectivity index (χ3n) is 6.95. The quantitative estimate of drug-likeness (QED) is 0.249. The number of pyridine rings is 1. The molecule has 0 aliphatic rings. The van der Waals surface area contributed by atoms with Crippen LogP contribution in [0.3, 0.4) is 0 Å². The molecule has 0 unspecified atom stereocenters. The van der Waals surface area contributed by atoms with E-state index in [2.05, 4.69) is 10.3 Å². The van der Waals surface area contributed by atoms with Crippen LogP contribution in [0.25, 0.3) is 33.1 Å². The van der Waals surface area contributed by atoms with E-state index in [0.717, 1.165) is 22.0 Å². The largest absolute Gasteiger partial charge is 0.493 e. The number of H-pyrrole nitrogens is 1. The summed E-state index contributed by atoms with van der Waals surface area (Å²) in [6, 6.07) is 18.5. The molecule has 5 rings (SSSR count). The Labute approximate surface area is 226 Å².